The van der Waals surface area contributed by atoms with E-state index >= 15 is 0 Å². The van der Waals surface area contributed by atoms with Gasteiger partial charge in [0.2, 0.25) is 11.8 Å². The first kappa shape index (κ1) is 15.2. The Balaban J connectivity index is 1.55. The van der Waals surface area contributed by atoms with E-state index in [4.69, 9.17) is 4.42 Å². The minimum Gasteiger partial charge on any atom is -0.465 e. The zero-order valence-electron chi connectivity index (χ0n) is 13.2. The van der Waals surface area contributed by atoms with Crippen molar-refractivity contribution in [2.24, 2.45) is 0 Å². The number of nitrogens with zero attached hydrogens (tertiary/aromatic N) is 2. The van der Waals surface area contributed by atoms with E-state index in [2.05, 4.69) is 10.3 Å². The quantitative estimate of drug-likeness (QED) is 0.713. The molecule has 0 spiro atoms. The molecule has 0 unspecified atom stereocenters. The summed E-state index contributed by atoms with van der Waals surface area (Å²) in [6, 6.07) is 14.2. The Bertz CT molecular complexity index is 915. The molecule has 126 valence electrons. The van der Waals surface area contributed by atoms with E-state index in [9.17, 15) is 14.7 Å². The number of hydrogen-bond donors (Lipinski definition) is 2. The number of para-hydroxylation sites is 2. The van der Waals surface area contributed by atoms with Crippen LogP contribution in [-0.4, -0.2) is 39.6 Å². The average Bonchev–Trinajstić information content (AvgIpc) is 3.04. The molecule has 2 N–H and O–H groups in total. The van der Waals surface area contributed by atoms with E-state index in [0.29, 0.717) is 12.4 Å². The summed E-state index contributed by atoms with van der Waals surface area (Å²) in [5.41, 5.74) is 3.11. The first-order chi connectivity index (χ1) is 12.1. The molecule has 1 aliphatic rings. The zero-order chi connectivity index (χ0) is 17.4. The molecule has 25 heavy (non-hydrogen) atoms. The van der Waals surface area contributed by atoms with E-state index < -0.39 is 12.1 Å². The van der Waals surface area contributed by atoms with Crippen LogP contribution in [0.1, 0.15) is 5.56 Å². The predicted molar refractivity (Wildman–Crippen MR) is 89.8 cm³/mol. The summed E-state index contributed by atoms with van der Waals surface area (Å²) in [5.74, 6) is 0.256. The van der Waals surface area contributed by atoms with Crippen LogP contribution < -0.4 is 5.32 Å². The van der Waals surface area contributed by atoms with E-state index in [1.54, 1.807) is 0 Å². The summed E-state index contributed by atoms with van der Waals surface area (Å²) in [6.45, 7) is 0.507. The van der Waals surface area contributed by atoms with Crippen LogP contribution in [-0.2, 0) is 11.3 Å². The van der Waals surface area contributed by atoms with Crippen LogP contribution in [0.25, 0.3) is 22.6 Å². The van der Waals surface area contributed by atoms with Gasteiger partial charge in [0, 0.05) is 18.7 Å². The van der Waals surface area contributed by atoms with Gasteiger partial charge in [-0.15, -0.1) is 0 Å². The van der Waals surface area contributed by atoms with Crippen molar-refractivity contribution in [1.29, 1.82) is 0 Å². The van der Waals surface area contributed by atoms with Crippen molar-refractivity contribution in [1.82, 2.24) is 15.2 Å². The molecule has 1 saturated heterocycles. The molecule has 4 rings (SSSR count). The lowest BCUT2D eigenvalue weighted by molar-refractivity contribution is -0.132. The lowest BCUT2D eigenvalue weighted by Crippen LogP contribution is -2.62. The maximum Gasteiger partial charge on any atom is 0.408 e. The van der Waals surface area contributed by atoms with Gasteiger partial charge < -0.3 is 14.8 Å². The highest BCUT2D eigenvalue weighted by Crippen LogP contribution is 2.24. The third-order valence-electron chi connectivity index (χ3n) is 4.24. The molecular formula is C18H15N3O4. The normalized spacial score (nSPS) is 16.3. The first-order valence-corrected chi connectivity index (χ1v) is 7.84. The van der Waals surface area contributed by atoms with Crippen molar-refractivity contribution < 1.29 is 19.1 Å². The minimum absolute atomic E-state index is 0.154. The van der Waals surface area contributed by atoms with E-state index in [-0.39, 0.29) is 12.5 Å². The number of fused-ring (bicyclic) bond motifs is 1. The highest BCUT2D eigenvalue weighted by atomic mass is 16.4. The van der Waals surface area contributed by atoms with Gasteiger partial charge in [-0.05, 0) is 29.8 Å². The van der Waals surface area contributed by atoms with Crippen molar-refractivity contribution in [3.05, 3.63) is 54.1 Å². The lowest BCUT2D eigenvalue weighted by atomic mass is 10.1. The number of carbonyl (C=O) groups excluding carboxylic acids is 1. The number of carbonyl (C=O) groups is 2. The van der Waals surface area contributed by atoms with Crippen molar-refractivity contribution in [2.45, 2.75) is 12.6 Å². The molecule has 2 heterocycles. The Morgan fingerprint density at radius 1 is 1.24 bits per heavy atom. The van der Waals surface area contributed by atoms with Crippen LogP contribution in [0.5, 0.6) is 0 Å². The number of hydrogen-bond acceptors (Lipinski definition) is 4. The Hall–Kier alpha value is -3.35. The molecular weight excluding hydrogens is 322 g/mol. The molecule has 3 aromatic rings. The summed E-state index contributed by atoms with van der Waals surface area (Å²) in [7, 11) is 0. The number of carboxylic acid groups (broad SMARTS) is 1. The van der Waals surface area contributed by atoms with Gasteiger partial charge in [-0.3, -0.25) is 9.69 Å². The molecule has 2 aromatic carbocycles. The Labute approximate surface area is 142 Å². The molecule has 2 amide bonds. The van der Waals surface area contributed by atoms with Crippen LogP contribution in [0.2, 0.25) is 0 Å². The third-order valence-corrected chi connectivity index (χ3v) is 4.24. The lowest BCUT2D eigenvalue weighted by Gasteiger charge is -2.34. The molecule has 7 nitrogen and oxygen atoms in total. The van der Waals surface area contributed by atoms with Crippen molar-refractivity contribution in [3.63, 3.8) is 0 Å². The summed E-state index contributed by atoms with van der Waals surface area (Å²) in [5, 5.41) is 11.9. The van der Waals surface area contributed by atoms with Gasteiger partial charge >= 0.3 is 6.09 Å². The summed E-state index contributed by atoms with van der Waals surface area (Å²) >= 11 is 0. The number of aromatic nitrogens is 1. The standard InChI is InChI=1S/C18H15N3O4/c22-16-14(9-19-16)21(18(23)24)10-11-5-7-12(8-6-11)17-20-13-3-1-2-4-15(13)25-17/h1-8,14H,9-10H2,(H,19,22)(H,23,24)/t14-/m0/s1. The topological polar surface area (TPSA) is 95.7 Å². The van der Waals surface area contributed by atoms with Gasteiger partial charge in [0.05, 0.1) is 0 Å². The third kappa shape index (κ3) is 2.80. The van der Waals surface area contributed by atoms with Crippen molar-refractivity contribution >= 4 is 23.1 Å². The maximum absolute atomic E-state index is 11.5. The number of oxazole rings is 1. The van der Waals surface area contributed by atoms with Crippen LogP contribution in [0, 0.1) is 0 Å². The molecule has 0 radical (unpaired) electrons. The first-order valence-electron chi connectivity index (χ1n) is 7.84. The fourth-order valence-electron chi connectivity index (χ4n) is 2.78. The highest BCUT2D eigenvalue weighted by molar-refractivity contribution is 5.90. The van der Waals surface area contributed by atoms with Gasteiger partial charge in [0.15, 0.2) is 5.58 Å². The number of rotatable bonds is 4. The summed E-state index contributed by atoms with van der Waals surface area (Å²) in [6.07, 6.45) is -1.11. The number of nitrogens with one attached hydrogen (secondary N) is 1. The molecule has 0 aliphatic carbocycles. The van der Waals surface area contributed by atoms with Crippen molar-refractivity contribution in [2.75, 3.05) is 6.54 Å². The molecule has 1 aromatic heterocycles. The predicted octanol–water partition coefficient (Wildman–Crippen LogP) is 2.47. The average molecular weight is 337 g/mol. The van der Waals surface area contributed by atoms with E-state index in [0.717, 1.165) is 27.1 Å². The number of β-lactam (4-membered cyclic amide) rings is 1. The largest absolute Gasteiger partial charge is 0.465 e. The van der Waals surface area contributed by atoms with Gasteiger partial charge in [0.1, 0.15) is 11.6 Å². The second kappa shape index (κ2) is 5.94. The van der Waals surface area contributed by atoms with Crippen LogP contribution in [0.4, 0.5) is 4.79 Å². The highest BCUT2D eigenvalue weighted by Gasteiger charge is 2.36. The maximum atomic E-state index is 11.5. The summed E-state index contributed by atoms with van der Waals surface area (Å²) < 4.78 is 5.72. The number of amides is 2. The van der Waals surface area contributed by atoms with Crippen LogP contribution in [0.15, 0.2) is 52.9 Å². The molecule has 1 aliphatic heterocycles. The fourth-order valence-corrected chi connectivity index (χ4v) is 2.78. The smallest absolute Gasteiger partial charge is 0.408 e. The minimum atomic E-state index is -1.11. The molecule has 0 saturated carbocycles. The Kier molecular flexibility index (Phi) is 3.61. The second-order valence-corrected chi connectivity index (χ2v) is 5.86. The fraction of sp³-hybridized carbons (Fsp3) is 0.167. The van der Waals surface area contributed by atoms with Crippen molar-refractivity contribution in [3.8, 4) is 11.5 Å². The van der Waals surface area contributed by atoms with E-state index in [1.165, 1.54) is 0 Å². The van der Waals surface area contributed by atoms with Crippen LogP contribution in [0.3, 0.4) is 0 Å². The number of benzene rings is 2. The monoisotopic (exact) mass is 337 g/mol. The second-order valence-electron chi connectivity index (χ2n) is 5.86. The van der Waals surface area contributed by atoms with Gasteiger partial charge in [-0.25, -0.2) is 9.78 Å². The summed E-state index contributed by atoms with van der Waals surface area (Å²) in [4.78, 5) is 28.4. The van der Waals surface area contributed by atoms with Gasteiger partial charge in [-0.1, -0.05) is 24.3 Å². The van der Waals surface area contributed by atoms with Crippen LogP contribution >= 0.6 is 0 Å². The molecule has 7 heteroatoms. The molecule has 1 atom stereocenters. The molecule has 0 bridgehead atoms. The van der Waals surface area contributed by atoms with E-state index in [1.807, 2.05) is 48.5 Å². The SMILES string of the molecule is O=C1NC[C@@H]1N(Cc1ccc(-c2nc3ccccc3o2)cc1)C(=O)O. The zero-order valence-corrected chi connectivity index (χ0v) is 13.2. The Morgan fingerprint density at radius 2 is 2.00 bits per heavy atom. The Morgan fingerprint density at radius 3 is 2.60 bits per heavy atom. The van der Waals surface area contributed by atoms with Gasteiger partial charge in [0.25, 0.3) is 0 Å². The van der Waals surface area contributed by atoms with Gasteiger partial charge in [-0.2, -0.15) is 0 Å². The molecule has 1 fully saturated rings.